The molecular formula is C18H28BNO5. The Balaban J connectivity index is 1.96. The largest absolute Gasteiger partial charge is 0.497 e. The van der Waals surface area contributed by atoms with Crippen LogP contribution in [0.1, 0.15) is 25.7 Å². The molecule has 0 spiro atoms. The van der Waals surface area contributed by atoms with Crippen LogP contribution in [-0.4, -0.2) is 48.9 Å². The van der Waals surface area contributed by atoms with E-state index in [1.165, 1.54) is 0 Å². The first-order valence-corrected chi connectivity index (χ1v) is 8.84. The Morgan fingerprint density at radius 1 is 1.28 bits per heavy atom. The first kappa shape index (κ1) is 19.6. The van der Waals surface area contributed by atoms with Gasteiger partial charge in [-0.25, -0.2) is 0 Å². The maximum atomic E-state index is 11.7. The van der Waals surface area contributed by atoms with Crippen LogP contribution in [0, 0.1) is 17.8 Å². The molecule has 25 heavy (non-hydrogen) atoms. The summed E-state index contributed by atoms with van der Waals surface area (Å²) >= 11 is 0. The lowest BCUT2D eigenvalue weighted by atomic mass is 9.70. The van der Waals surface area contributed by atoms with E-state index in [9.17, 15) is 9.90 Å². The summed E-state index contributed by atoms with van der Waals surface area (Å²) < 4.78 is 5.17. The monoisotopic (exact) mass is 349 g/mol. The first-order valence-electron chi connectivity index (χ1n) is 8.84. The minimum Gasteiger partial charge on any atom is -0.497 e. The van der Waals surface area contributed by atoms with Crippen LogP contribution < -0.4 is 9.64 Å². The SMILES string of the molecule is COc1ccc(N(C)CC2CCC(CCB(O)O)C[C@@H]2C(=O)O)cc1. The van der Waals surface area contributed by atoms with Gasteiger partial charge in [0, 0.05) is 19.3 Å². The molecule has 0 aromatic heterocycles. The topological polar surface area (TPSA) is 90.2 Å². The van der Waals surface area contributed by atoms with Gasteiger partial charge in [-0.3, -0.25) is 4.79 Å². The van der Waals surface area contributed by atoms with Gasteiger partial charge in [-0.2, -0.15) is 0 Å². The van der Waals surface area contributed by atoms with Gasteiger partial charge in [0.15, 0.2) is 0 Å². The van der Waals surface area contributed by atoms with Crippen molar-refractivity contribution in [3.05, 3.63) is 24.3 Å². The van der Waals surface area contributed by atoms with Crippen LogP contribution in [0.3, 0.4) is 0 Å². The second kappa shape index (κ2) is 9.11. The normalized spacial score (nSPS) is 23.1. The molecule has 7 heteroatoms. The average Bonchev–Trinajstić information content (AvgIpc) is 2.60. The van der Waals surface area contributed by atoms with Crippen LogP contribution in [0.5, 0.6) is 5.75 Å². The molecule has 0 radical (unpaired) electrons. The number of rotatable bonds is 8. The summed E-state index contributed by atoms with van der Waals surface area (Å²) in [6.07, 6.45) is 3.39. The van der Waals surface area contributed by atoms with Crippen molar-refractivity contribution >= 4 is 18.8 Å². The molecule has 3 atom stereocenters. The van der Waals surface area contributed by atoms with Crippen molar-refractivity contribution < 1.29 is 24.7 Å². The third-order valence-electron chi connectivity index (χ3n) is 5.27. The molecule has 0 saturated heterocycles. The number of anilines is 1. The Kier molecular flexibility index (Phi) is 7.14. The molecular weight excluding hydrogens is 321 g/mol. The number of benzene rings is 1. The lowest BCUT2D eigenvalue weighted by molar-refractivity contribution is -0.145. The Bertz CT molecular complexity index is 551. The van der Waals surface area contributed by atoms with E-state index in [0.717, 1.165) is 24.3 Å². The number of hydrogen-bond donors (Lipinski definition) is 3. The summed E-state index contributed by atoms with van der Waals surface area (Å²) in [7, 11) is 2.31. The number of carboxylic acids is 1. The molecule has 0 heterocycles. The highest BCUT2D eigenvalue weighted by Crippen LogP contribution is 2.37. The molecule has 1 aliphatic rings. The molecule has 0 aliphatic heterocycles. The van der Waals surface area contributed by atoms with Crippen molar-refractivity contribution in [2.24, 2.45) is 17.8 Å². The van der Waals surface area contributed by atoms with Crippen molar-refractivity contribution in [3.8, 4) is 5.75 Å². The number of carboxylic acid groups (broad SMARTS) is 1. The average molecular weight is 349 g/mol. The van der Waals surface area contributed by atoms with Gasteiger partial charge >= 0.3 is 13.1 Å². The fourth-order valence-corrected chi connectivity index (χ4v) is 3.78. The van der Waals surface area contributed by atoms with E-state index < -0.39 is 13.1 Å². The van der Waals surface area contributed by atoms with Crippen LogP contribution in [0.4, 0.5) is 5.69 Å². The smallest absolute Gasteiger partial charge is 0.451 e. The maximum Gasteiger partial charge on any atom is 0.451 e. The van der Waals surface area contributed by atoms with E-state index in [1.54, 1.807) is 7.11 Å². The summed E-state index contributed by atoms with van der Waals surface area (Å²) in [6, 6.07) is 7.75. The molecule has 1 aromatic rings. The standard InChI is InChI=1S/C18H28BNO5/c1-20(15-5-7-16(25-2)8-6-15)12-14-4-3-13(9-10-19(23)24)11-17(14)18(21)22/h5-8,13-14,17,23-24H,3-4,9-12H2,1-2H3,(H,21,22)/t13?,14?,17-/m0/s1. The van der Waals surface area contributed by atoms with Crippen molar-refractivity contribution in [1.29, 1.82) is 0 Å². The van der Waals surface area contributed by atoms with Gasteiger partial charge in [-0.1, -0.05) is 12.8 Å². The zero-order valence-corrected chi connectivity index (χ0v) is 15.0. The Morgan fingerprint density at radius 2 is 1.96 bits per heavy atom. The summed E-state index contributed by atoms with van der Waals surface area (Å²) in [5.74, 6) is 0.0233. The second-order valence-corrected chi connectivity index (χ2v) is 7.02. The molecule has 0 bridgehead atoms. The zero-order chi connectivity index (χ0) is 18.4. The minimum atomic E-state index is -1.30. The van der Waals surface area contributed by atoms with E-state index in [1.807, 2.05) is 31.3 Å². The van der Waals surface area contributed by atoms with Gasteiger partial charge < -0.3 is 24.8 Å². The first-order chi connectivity index (χ1) is 11.9. The predicted octanol–water partition coefficient (Wildman–Crippen LogP) is 2.11. The molecule has 0 amide bonds. The van der Waals surface area contributed by atoms with Crippen molar-refractivity contribution in [3.63, 3.8) is 0 Å². The molecule has 1 saturated carbocycles. The second-order valence-electron chi connectivity index (χ2n) is 7.02. The third-order valence-corrected chi connectivity index (χ3v) is 5.27. The fourth-order valence-electron chi connectivity index (χ4n) is 3.78. The fraction of sp³-hybridized carbons (Fsp3) is 0.611. The van der Waals surface area contributed by atoms with Gasteiger partial charge in [0.2, 0.25) is 0 Å². The molecule has 6 nitrogen and oxygen atoms in total. The van der Waals surface area contributed by atoms with Gasteiger partial charge in [0.05, 0.1) is 13.0 Å². The molecule has 2 rings (SSSR count). The number of nitrogens with zero attached hydrogens (tertiary/aromatic N) is 1. The van der Waals surface area contributed by atoms with Crippen LogP contribution in [0.15, 0.2) is 24.3 Å². The summed E-state index contributed by atoms with van der Waals surface area (Å²) in [6.45, 7) is 0.693. The van der Waals surface area contributed by atoms with Crippen molar-refractivity contribution in [2.45, 2.75) is 32.0 Å². The molecule has 2 unspecified atom stereocenters. The van der Waals surface area contributed by atoms with Crippen LogP contribution in [0.25, 0.3) is 0 Å². The molecule has 1 aromatic carbocycles. The maximum absolute atomic E-state index is 11.7. The number of aliphatic carboxylic acids is 1. The van der Waals surface area contributed by atoms with E-state index in [-0.39, 0.29) is 17.8 Å². The highest BCUT2D eigenvalue weighted by molar-refractivity contribution is 6.40. The lowest BCUT2D eigenvalue weighted by Gasteiger charge is -2.36. The summed E-state index contributed by atoms with van der Waals surface area (Å²) in [4.78, 5) is 13.8. The zero-order valence-electron chi connectivity index (χ0n) is 15.0. The third kappa shape index (κ3) is 5.65. The molecule has 1 aliphatic carbocycles. The molecule has 138 valence electrons. The van der Waals surface area contributed by atoms with E-state index in [2.05, 4.69) is 4.90 Å². The predicted molar refractivity (Wildman–Crippen MR) is 97.8 cm³/mol. The summed E-state index contributed by atoms with van der Waals surface area (Å²) in [5, 5.41) is 27.7. The minimum absolute atomic E-state index is 0.0971. The quantitative estimate of drug-likeness (QED) is 0.623. The van der Waals surface area contributed by atoms with E-state index in [0.29, 0.717) is 25.7 Å². The Morgan fingerprint density at radius 3 is 2.52 bits per heavy atom. The van der Waals surface area contributed by atoms with Gasteiger partial charge in [-0.05, 0) is 55.3 Å². The van der Waals surface area contributed by atoms with Crippen molar-refractivity contribution in [2.75, 3.05) is 25.6 Å². The highest BCUT2D eigenvalue weighted by atomic mass is 16.5. The van der Waals surface area contributed by atoms with Crippen LogP contribution in [0.2, 0.25) is 6.32 Å². The van der Waals surface area contributed by atoms with Gasteiger partial charge in [0.25, 0.3) is 0 Å². The van der Waals surface area contributed by atoms with Crippen molar-refractivity contribution in [1.82, 2.24) is 0 Å². The number of ether oxygens (including phenoxy) is 1. The summed E-state index contributed by atoms with van der Waals surface area (Å²) in [5.41, 5.74) is 1.04. The van der Waals surface area contributed by atoms with Gasteiger partial charge in [0.1, 0.15) is 5.75 Å². The van der Waals surface area contributed by atoms with Gasteiger partial charge in [-0.15, -0.1) is 0 Å². The number of methoxy groups -OCH3 is 1. The Hall–Kier alpha value is -1.73. The Labute approximate surface area is 149 Å². The lowest BCUT2D eigenvalue weighted by Crippen LogP contribution is -2.38. The van der Waals surface area contributed by atoms with E-state index in [4.69, 9.17) is 14.8 Å². The highest BCUT2D eigenvalue weighted by Gasteiger charge is 2.36. The number of hydrogen-bond acceptors (Lipinski definition) is 5. The number of carbonyl (C=O) groups is 1. The van der Waals surface area contributed by atoms with E-state index >= 15 is 0 Å². The molecule has 3 N–H and O–H groups in total. The molecule has 1 fully saturated rings. The van der Waals surface area contributed by atoms with Crippen LogP contribution in [-0.2, 0) is 4.79 Å². The van der Waals surface area contributed by atoms with Crippen LogP contribution >= 0.6 is 0 Å².